The fraction of sp³-hybridized carbons (Fsp3) is 0.417. The van der Waals surface area contributed by atoms with Crippen LogP contribution in [0.5, 0.6) is 0 Å². The highest BCUT2D eigenvalue weighted by atomic mass is 32.2. The number of carboxylic acids is 1. The molecule has 18 heavy (non-hydrogen) atoms. The van der Waals surface area contributed by atoms with Crippen molar-refractivity contribution in [3.8, 4) is 0 Å². The van der Waals surface area contributed by atoms with Crippen LogP contribution >= 0.6 is 0 Å². The number of carboxylic acid groups (broad SMARTS) is 1. The summed E-state index contributed by atoms with van der Waals surface area (Å²) in [6, 6.07) is 5.55. The van der Waals surface area contributed by atoms with Gasteiger partial charge in [-0.1, -0.05) is 18.2 Å². The highest BCUT2D eigenvalue weighted by molar-refractivity contribution is 7.88. The number of hydrogen-bond acceptors (Lipinski definition) is 3. The average Bonchev–Trinajstić information content (AvgIpc) is 2.22. The van der Waals surface area contributed by atoms with Crippen molar-refractivity contribution in [2.45, 2.75) is 19.6 Å². The smallest absolute Gasteiger partial charge is 0.318 e. The van der Waals surface area contributed by atoms with Gasteiger partial charge in [0.2, 0.25) is 10.0 Å². The molecule has 0 fully saturated rings. The average molecular weight is 271 g/mol. The number of benzene rings is 1. The van der Waals surface area contributed by atoms with Crippen molar-refractivity contribution in [2.75, 3.05) is 13.6 Å². The van der Waals surface area contributed by atoms with Crippen LogP contribution in [0, 0.1) is 13.8 Å². The van der Waals surface area contributed by atoms with Crippen molar-refractivity contribution in [2.24, 2.45) is 0 Å². The van der Waals surface area contributed by atoms with Crippen LogP contribution in [-0.4, -0.2) is 37.4 Å². The van der Waals surface area contributed by atoms with E-state index in [1.165, 1.54) is 7.05 Å². The molecule has 1 N–H and O–H groups in total. The highest BCUT2D eigenvalue weighted by Crippen LogP contribution is 2.17. The van der Waals surface area contributed by atoms with Crippen LogP contribution in [0.15, 0.2) is 18.2 Å². The molecular formula is C12H17NO4S. The first-order valence-corrected chi connectivity index (χ1v) is 7.06. The Balaban J connectivity index is 2.99. The van der Waals surface area contributed by atoms with Gasteiger partial charge >= 0.3 is 5.97 Å². The number of hydrogen-bond donors (Lipinski definition) is 1. The minimum Gasteiger partial charge on any atom is -0.480 e. The normalized spacial score (nSPS) is 11.8. The maximum absolute atomic E-state index is 12.0. The lowest BCUT2D eigenvalue weighted by molar-refractivity contribution is -0.137. The number of aryl methyl sites for hydroxylation is 2. The van der Waals surface area contributed by atoms with Gasteiger partial charge in [0.05, 0.1) is 5.75 Å². The van der Waals surface area contributed by atoms with Crippen molar-refractivity contribution in [3.63, 3.8) is 0 Å². The molecule has 0 atom stereocenters. The Morgan fingerprint density at radius 1 is 1.28 bits per heavy atom. The summed E-state index contributed by atoms with van der Waals surface area (Å²) in [7, 11) is -2.33. The number of rotatable bonds is 5. The molecule has 1 aromatic carbocycles. The number of carbonyl (C=O) groups is 1. The van der Waals surface area contributed by atoms with E-state index in [1.54, 1.807) is 0 Å². The molecule has 0 aromatic heterocycles. The molecule has 0 saturated heterocycles. The van der Waals surface area contributed by atoms with Gasteiger partial charge in [0.15, 0.2) is 0 Å². The lowest BCUT2D eigenvalue weighted by Gasteiger charge is -2.17. The van der Waals surface area contributed by atoms with Crippen molar-refractivity contribution >= 4 is 16.0 Å². The van der Waals surface area contributed by atoms with Gasteiger partial charge in [-0.3, -0.25) is 4.79 Å². The van der Waals surface area contributed by atoms with Crippen LogP contribution in [0.3, 0.4) is 0 Å². The highest BCUT2D eigenvalue weighted by Gasteiger charge is 2.22. The van der Waals surface area contributed by atoms with Gasteiger partial charge in [0, 0.05) is 7.05 Å². The second kappa shape index (κ2) is 5.49. The Morgan fingerprint density at radius 3 is 2.22 bits per heavy atom. The minimum absolute atomic E-state index is 0.171. The lowest BCUT2D eigenvalue weighted by Crippen LogP contribution is -2.33. The second-order valence-electron chi connectivity index (χ2n) is 4.28. The largest absolute Gasteiger partial charge is 0.480 e. The summed E-state index contributed by atoms with van der Waals surface area (Å²) < 4.78 is 24.9. The monoisotopic (exact) mass is 271 g/mol. The molecule has 0 aliphatic carbocycles. The zero-order valence-electron chi connectivity index (χ0n) is 10.7. The van der Waals surface area contributed by atoms with Crippen LogP contribution in [0.25, 0.3) is 0 Å². The van der Waals surface area contributed by atoms with E-state index in [9.17, 15) is 13.2 Å². The molecule has 0 spiro atoms. The van der Waals surface area contributed by atoms with Gasteiger partial charge in [0.1, 0.15) is 6.54 Å². The van der Waals surface area contributed by atoms with Crippen LogP contribution in [0.2, 0.25) is 0 Å². The minimum atomic E-state index is -3.60. The molecule has 0 radical (unpaired) electrons. The second-order valence-corrected chi connectivity index (χ2v) is 6.35. The van der Waals surface area contributed by atoms with Crippen LogP contribution in [-0.2, 0) is 20.6 Å². The predicted molar refractivity (Wildman–Crippen MR) is 68.8 cm³/mol. The van der Waals surface area contributed by atoms with Crippen molar-refractivity contribution in [1.29, 1.82) is 0 Å². The molecule has 5 nitrogen and oxygen atoms in total. The van der Waals surface area contributed by atoms with Crippen molar-refractivity contribution in [3.05, 3.63) is 34.9 Å². The Labute approximate surface area is 107 Å². The van der Waals surface area contributed by atoms with Gasteiger partial charge in [-0.25, -0.2) is 8.42 Å². The summed E-state index contributed by atoms with van der Waals surface area (Å²) in [6.45, 7) is 3.16. The van der Waals surface area contributed by atoms with E-state index in [1.807, 2.05) is 32.0 Å². The maximum atomic E-state index is 12.0. The SMILES string of the molecule is Cc1cccc(C)c1CS(=O)(=O)N(C)CC(=O)O. The summed E-state index contributed by atoms with van der Waals surface area (Å²) in [5, 5.41) is 8.62. The topological polar surface area (TPSA) is 74.7 Å². The molecule has 0 saturated carbocycles. The van der Waals surface area contributed by atoms with Gasteiger partial charge in [-0.05, 0) is 30.5 Å². The first-order chi connectivity index (χ1) is 8.24. The van der Waals surface area contributed by atoms with E-state index in [0.717, 1.165) is 21.0 Å². The van der Waals surface area contributed by atoms with E-state index in [2.05, 4.69) is 0 Å². The Morgan fingerprint density at radius 2 is 1.78 bits per heavy atom. The summed E-state index contributed by atoms with van der Waals surface area (Å²) in [5.41, 5.74) is 2.51. The molecule has 0 aliphatic rings. The Kier molecular flexibility index (Phi) is 4.48. The molecule has 0 unspecified atom stereocenters. The van der Waals surface area contributed by atoms with Crippen LogP contribution < -0.4 is 0 Å². The van der Waals surface area contributed by atoms with E-state index < -0.39 is 22.5 Å². The molecular weight excluding hydrogens is 254 g/mol. The molecule has 0 amide bonds. The Bertz CT molecular complexity index is 531. The van der Waals surface area contributed by atoms with E-state index in [0.29, 0.717) is 0 Å². The zero-order valence-corrected chi connectivity index (χ0v) is 11.5. The quantitative estimate of drug-likeness (QED) is 0.871. The summed E-state index contributed by atoms with van der Waals surface area (Å²) in [5.74, 6) is -1.34. The first-order valence-electron chi connectivity index (χ1n) is 5.45. The van der Waals surface area contributed by atoms with Gasteiger partial charge in [0.25, 0.3) is 0 Å². The van der Waals surface area contributed by atoms with E-state index >= 15 is 0 Å². The van der Waals surface area contributed by atoms with E-state index in [-0.39, 0.29) is 5.75 Å². The lowest BCUT2D eigenvalue weighted by atomic mass is 10.1. The first kappa shape index (κ1) is 14.7. The standard InChI is InChI=1S/C12H17NO4S/c1-9-5-4-6-10(2)11(9)8-18(16,17)13(3)7-12(14)15/h4-6H,7-8H2,1-3H3,(H,14,15). The van der Waals surface area contributed by atoms with Gasteiger partial charge < -0.3 is 5.11 Å². The summed E-state index contributed by atoms with van der Waals surface area (Å²) in [6.07, 6.45) is 0. The maximum Gasteiger partial charge on any atom is 0.318 e. The number of sulfonamides is 1. The molecule has 0 heterocycles. The fourth-order valence-corrected chi connectivity index (χ4v) is 3.01. The predicted octanol–water partition coefficient (Wildman–Crippen LogP) is 1.15. The molecule has 1 rings (SSSR count). The third-order valence-electron chi connectivity index (χ3n) is 2.80. The molecule has 6 heteroatoms. The van der Waals surface area contributed by atoms with Crippen molar-refractivity contribution < 1.29 is 18.3 Å². The van der Waals surface area contributed by atoms with Crippen molar-refractivity contribution in [1.82, 2.24) is 4.31 Å². The van der Waals surface area contributed by atoms with E-state index in [4.69, 9.17) is 5.11 Å². The fourth-order valence-electron chi connectivity index (χ4n) is 1.66. The summed E-state index contributed by atoms with van der Waals surface area (Å²) >= 11 is 0. The third-order valence-corrected chi connectivity index (χ3v) is 4.54. The third kappa shape index (κ3) is 3.54. The molecule has 0 aliphatic heterocycles. The Hall–Kier alpha value is -1.40. The molecule has 100 valence electrons. The van der Waals surface area contributed by atoms with Gasteiger partial charge in [-0.2, -0.15) is 4.31 Å². The summed E-state index contributed by atoms with van der Waals surface area (Å²) in [4.78, 5) is 10.5. The van der Waals surface area contributed by atoms with Gasteiger partial charge in [-0.15, -0.1) is 0 Å². The van der Waals surface area contributed by atoms with Crippen LogP contribution in [0.1, 0.15) is 16.7 Å². The zero-order chi connectivity index (χ0) is 13.9. The number of aliphatic carboxylic acids is 1. The molecule has 1 aromatic rings. The molecule has 0 bridgehead atoms. The number of likely N-dealkylation sites (N-methyl/N-ethyl adjacent to an activating group) is 1. The van der Waals surface area contributed by atoms with Crippen LogP contribution in [0.4, 0.5) is 0 Å². The number of nitrogens with zero attached hydrogens (tertiary/aromatic N) is 1.